The van der Waals surface area contributed by atoms with E-state index in [-0.39, 0.29) is 28.7 Å². The highest BCUT2D eigenvalue weighted by Gasteiger charge is 2.34. The summed E-state index contributed by atoms with van der Waals surface area (Å²) in [5.41, 5.74) is 6.13. The van der Waals surface area contributed by atoms with Crippen molar-refractivity contribution in [2.45, 2.75) is 30.7 Å². The molecule has 8 heteroatoms. The molecule has 1 aromatic rings. The third kappa shape index (κ3) is 3.18. The molecule has 1 aliphatic heterocycles. The van der Waals surface area contributed by atoms with E-state index in [0.717, 1.165) is 6.07 Å². The molecule has 1 heterocycles. The summed E-state index contributed by atoms with van der Waals surface area (Å²) in [7, 11) is -4.39. The number of nitrogens with zero attached hydrogens (tertiary/aromatic N) is 1. The fourth-order valence-electron chi connectivity index (χ4n) is 2.66. The van der Waals surface area contributed by atoms with Crippen molar-refractivity contribution < 1.29 is 22.6 Å². The van der Waals surface area contributed by atoms with Crippen molar-refractivity contribution in [2.24, 2.45) is 5.73 Å². The Morgan fingerprint density at radius 3 is 2.68 bits per heavy atom. The Bertz CT molecular complexity index is 714. The number of amides is 1. The number of hydrogen-bond acceptors (Lipinski definition) is 5. The van der Waals surface area contributed by atoms with Crippen LogP contribution in [0.4, 0.5) is 0 Å². The Hall–Kier alpha value is -1.77. The molecule has 0 bridgehead atoms. The number of ketones is 1. The Morgan fingerprint density at radius 1 is 1.41 bits per heavy atom. The molecule has 0 saturated carbocycles. The molecule has 3 N–H and O–H groups in total. The van der Waals surface area contributed by atoms with E-state index in [0.29, 0.717) is 24.9 Å². The van der Waals surface area contributed by atoms with Crippen LogP contribution in [0.15, 0.2) is 23.1 Å². The van der Waals surface area contributed by atoms with Crippen LogP contribution in [0.25, 0.3) is 0 Å². The molecule has 0 aromatic heterocycles. The van der Waals surface area contributed by atoms with Gasteiger partial charge >= 0.3 is 0 Å². The summed E-state index contributed by atoms with van der Waals surface area (Å²) in [6.07, 6.45) is 1.21. The van der Waals surface area contributed by atoms with E-state index in [1.165, 1.54) is 17.0 Å². The van der Waals surface area contributed by atoms with Gasteiger partial charge in [-0.25, -0.2) is 0 Å². The molecule has 1 aliphatic rings. The minimum atomic E-state index is -4.39. The van der Waals surface area contributed by atoms with Crippen LogP contribution in [0.5, 0.6) is 0 Å². The van der Waals surface area contributed by atoms with Gasteiger partial charge in [0.25, 0.3) is 10.1 Å². The number of likely N-dealkylation sites (tertiary alicyclic amines) is 1. The zero-order chi connectivity index (χ0) is 16.5. The third-order valence-corrected chi connectivity index (χ3v) is 4.67. The highest BCUT2D eigenvalue weighted by Crippen LogP contribution is 2.24. The molecule has 1 atom stereocenters. The number of hydrogen-bond donors (Lipinski definition) is 2. The fourth-order valence-corrected chi connectivity index (χ4v) is 3.17. The van der Waals surface area contributed by atoms with Gasteiger partial charge in [-0.3, -0.25) is 14.1 Å². The van der Waals surface area contributed by atoms with Crippen molar-refractivity contribution in [3.8, 4) is 0 Å². The standard InChI is InChI=1S/C14H18N2O5S/c1-9-4-5-10(22(19,20)21)7-11(9)14(18)12-3-2-6-16(12)13(17)8-15/h4-5,7,12H,2-3,6,8,15H2,1H3,(H,19,20,21)/t12-/m0/s1. The lowest BCUT2D eigenvalue weighted by Gasteiger charge is -2.23. The lowest BCUT2D eigenvalue weighted by molar-refractivity contribution is -0.129. The van der Waals surface area contributed by atoms with Crippen molar-refractivity contribution in [2.75, 3.05) is 13.1 Å². The SMILES string of the molecule is Cc1ccc(S(=O)(=O)O)cc1C(=O)[C@@H]1CCCN1C(=O)CN. The molecule has 0 spiro atoms. The number of nitrogens with two attached hydrogens (primary N) is 1. The van der Waals surface area contributed by atoms with Crippen molar-refractivity contribution >= 4 is 21.8 Å². The molecule has 22 heavy (non-hydrogen) atoms. The second-order valence-corrected chi connectivity index (χ2v) is 6.69. The molecule has 0 radical (unpaired) electrons. The zero-order valence-electron chi connectivity index (χ0n) is 12.2. The lowest BCUT2D eigenvalue weighted by Crippen LogP contribution is -2.43. The largest absolute Gasteiger partial charge is 0.331 e. The van der Waals surface area contributed by atoms with E-state index in [1.54, 1.807) is 6.92 Å². The Labute approximate surface area is 128 Å². The lowest BCUT2D eigenvalue weighted by atomic mass is 9.98. The molecule has 120 valence electrons. The van der Waals surface area contributed by atoms with Gasteiger partial charge in [0.15, 0.2) is 5.78 Å². The monoisotopic (exact) mass is 326 g/mol. The van der Waals surface area contributed by atoms with Crippen molar-refractivity contribution in [3.63, 3.8) is 0 Å². The highest BCUT2D eigenvalue weighted by molar-refractivity contribution is 7.85. The molecule has 1 aromatic carbocycles. The van der Waals surface area contributed by atoms with Crippen LogP contribution >= 0.6 is 0 Å². The molecule has 7 nitrogen and oxygen atoms in total. The van der Waals surface area contributed by atoms with Crippen LogP contribution < -0.4 is 5.73 Å². The number of benzene rings is 1. The maximum absolute atomic E-state index is 12.7. The molecule has 1 fully saturated rings. The zero-order valence-corrected chi connectivity index (χ0v) is 13.0. The van der Waals surface area contributed by atoms with E-state index in [1.807, 2.05) is 0 Å². The van der Waals surface area contributed by atoms with Crippen LogP contribution in [0.1, 0.15) is 28.8 Å². The van der Waals surface area contributed by atoms with E-state index < -0.39 is 16.2 Å². The number of carbonyl (C=O) groups excluding carboxylic acids is 2. The molecule has 1 saturated heterocycles. The molecular weight excluding hydrogens is 308 g/mol. The second kappa shape index (κ2) is 6.15. The quantitative estimate of drug-likeness (QED) is 0.610. The van der Waals surface area contributed by atoms with Gasteiger partial charge in [-0.05, 0) is 37.5 Å². The first-order valence-electron chi connectivity index (χ1n) is 6.87. The number of Topliss-reactive ketones (excluding diaryl/α,β-unsaturated/α-hetero) is 1. The highest BCUT2D eigenvalue weighted by atomic mass is 32.2. The van der Waals surface area contributed by atoms with Crippen LogP contribution in [-0.2, 0) is 14.9 Å². The summed E-state index contributed by atoms with van der Waals surface area (Å²) in [5, 5.41) is 0. The van der Waals surface area contributed by atoms with Crippen molar-refractivity contribution in [3.05, 3.63) is 29.3 Å². The summed E-state index contributed by atoms with van der Waals surface area (Å²) in [5.74, 6) is -0.637. The van der Waals surface area contributed by atoms with Gasteiger partial charge in [0.2, 0.25) is 5.91 Å². The Kier molecular flexibility index (Phi) is 4.64. The Balaban J connectivity index is 2.39. The second-order valence-electron chi connectivity index (χ2n) is 5.27. The minimum absolute atomic E-state index is 0.173. The van der Waals surface area contributed by atoms with Crippen molar-refractivity contribution in [1.29, 1.82) is 0 Å². The third-order valence-electron chi connectivity index (χ3n) is 3.82. The molecular formula is C14H18N2O5S. The first-order valence-corrected chi connectivity index (χ1v) is 8.31. The minimum Gasteiger partial charge on any atom is -0.331 e. The molecule has 0 aliphatic carbocycles. The summed E-state index contributed by atoms with van der Waals surface area (Å²) in [4.78, 5) is 25.5. The van der Waals surface area contributed by atoms with E-state index in [2.05, 4.69) is 0 Å². The predicted octanol–water partition coefficient (Wildman–Crippen LogP) is 0.374. The van der Waals surface area contributed by atoms with Gasteiger partial charge < -0.3 is 10.6 Å². The number of aryl methyl sites for hydroxylation is 1. The Morgan fingerprint density at radius 2 is 2.09 bits per heavy atom. The topological polar surface area (TPSA) is 118 Å². The van der Waals surface area contributed by atoms with Gasteiger partial charge in [-0.1, -0.05) is 6.07 Å². The smallest absolute Gasteiger partial charge is 0.294 e. The first-order chi connectivity index (χ1) is 10.3. The molecule has 0 unspecified atom stereocenters. The van der Waals surface area contributed by atoms with Gasteiger partial charge in [0.05, 0.1) is 17.5 Å². The summed E-state index contributed by atoms with van der Waals surface area (Å²) in [6, 6.07) is 3.21. The number of carbonyl (C=O) groups is 2. The summed E-state index contributed by atoms with van der Waals surface area (Å²) >= 11 is 0. The predicted molar refractivity (Wildman–Crippen MR) is 79.1 cm³/mol. The summed E-state index contributed by atoms with van der Waals surface area (Å²) in [6.45, 7) is 1.96. The molecule has 1 amide bonds. The van der Waals surface area contributed by atoms with Crippen LogP contribution in [0.2, 0.25) is 0 Å². The van der Waals surface area contributed by atoms with E-state index >= 15 is 0 Å². The van der Waals surface area contributed by atoms with E-state index in [9.17, 15) is 18.0 Å². The van der Waals surface area contributed by atoms with Crippen LogP contribution in [-0.4, -0.2) is 48.7 Å². The van der Waals surface area contributed by atoms with Gasteiger partial charge in [-0.15, -0.1) is 0 Å². The van der Waals surface area contributed by atoms with Crippen molar-refractivity contribution in [1.82, 2.24) is 4.90 Å². The average Bonchev–Trinajstić information content (AvgIpc) is 2.94. The van der Waals surface area contributed by atoms with Gasteiger partial charge in [0, 0.05) is 12.1 Å². The maximum atomic E-state index is 12.7. The van der Waals surface area contributed by atoms with Gasteiger partial charge in [-0.2, -0.15) is 8.42 Å². The van der Waals surface area contributed by atoms with Gasteiger partial charge in [0.1, 0.15) is 0 Å². The maximum Gasteiger partial charge on any atom is 0.294 e. The summed E-state index contributed by atoms with van der Waals surface area (Å²) < 4.78 is 31.6. The van der Waals surface area contributed by atoms with Crippen LogP contribution in [0.3, 0.4) is 0 Å². The molecule has 2 rings (SSSR count). The van der Waals surface area contributed by atoms with Crippen LogP contribution in [0, 0.1) is 6.92 Å². The fraction of sp³-hybridized carbons (Fsp3) is 0.429. The number of rotatable bonds is 4. The average molecular weight is 326 g/mol. The first kappa shape index (κ1) is 16.6. The van der Waals surface area contributed by atoms with E-state index in [4.69, 9.17) is 10.3 Å². The normalized spacial score (nSPS) is 18.5.